The van der Waals surface area contributed by atoms with E-state index in [1.165, 1.54) is 6.08 Å². The van der Waals surface area contributed by atoms with E-state index in [4.69, 9.17) is 30.5 Å². The summed E-state index contributed by atoms with van der Waals surface area (Å²) in [4.78, 5) is 12.8. The molecule has 1 amide bonds. The summed E-state index contributed by atoms with van der Waals surface area (Å²) in [6.45, 7) is 4.73. The molecule has 0 unspecified atom stereocenters. The molecule has 0 saturated heterocycles. The zero-order valence-corrected chi connectivity index (χ0v) is 24.4. The Morgan fingerprint density at radius 3 is 2.38 bits per heavy atom. The van der Waals surface area contributed by atoms with E-state index in [9.17, 15) is 10.1 Å². The molecule has 0 bridgehead atoms. The number of carbonyl (C=O) groups excluding carboxylic acids is 1. The van der Waals surface area contributed by atoms with Crippen LogP contribution in [0.15, 0.2) is 90.5 Å². The van der Waals surface area contributed by atoms with E-state index in [1.807, 2.05) is 86.6 Å². The Bertz CT molecular complexity index is 1610. The van der Waals surface area contributed by atoms with Gasteiger partial charge in [-0.2, -0.15) is 5.26 Å². The molecule has 4 aromatic carbocycles. The van der Waals surface area contributed by atoms with Crippen LogP contribution in [0.25, 0.3) is 6.08 Å². The minimum Gasteiger partial charge on any atom is -0.493 e. The van der Waals surface area contributed by atoms with Crippen molar-refractivity contribution in [3.8, 4) is 29.1 Å². The number of aryl methyl sites for hydroxylation is 1. The summed E-state index contributed by atoms with van der Waals surface area (Å²) in [5.74, 6) is 1.41. The van der Waals surface area contributed by atoms with Crippen LogP contribution in [0.4, 0.5) is 5.69 Å². The summed E-state index contributed by atoms with van der Waals surface area (Å²) in [6, 6.07) is 28.1. The van der Waals surface area contributed by atoms with Gasteiger partial charge >= 0.3 is 0 Å². The molecule has 0 aliphatic rings. The number of benzene rings is 4. The van der Waals surface area contributed by atoms with Gasteiger partial charge in [-0.15, -0.1) is 0 Å². The number of methoxy groups -OCH3 is 1. The first-order valence-electron chi connectivity index (χ1n) is 13.3. The Kier molecular flexibility index (Phi) is 10.5. The van der Waals surface area contributed by atoms with Crippen molar-refractivity contribution in [3.05, 3.63) is 118 Å². The first kappa shape index (κ1) is 30.0. The molecule has 0 atom stereocenters. The zero-order valence-electron chi connectivity index (χ0n) is 23.6. The minimum absolute atomic E-state index is 0.0784. The average Bonchev–Trinajstić information content (AvgIpc) is 2.99. The number of nitriles is 1. The van der Waals surface area contributed by atoms with Crippen LogP contribution in [0.5, 0.6) is 23.0 Å². The number of nitrogens with zero attached hydrogens (tertiary/aromatic N) is 1. The van der Waals surface area contributed by atoms with Gasteiger partial charge < -0.3 is 24.3 Å². The Hall–Kier alpha value is -4.93. The van der Waals surface area contributed by atoms with Gasteiger partial charge in [0.15, 0.2) is 23.0 Å². The molecule has 0 spiro atoms. The lowest BCUT2D eigenvalue weighted by atomic mass is 10.1. The van der Waals surface area contributed by atoms with Crippen LogP contribution in [0.3, 0.4) is 0 Å². The van der Waals surface area contributed by atoms with E-state index in [0.29, 0.717) is 47.5 Å². The topological polar surface area (TPSA) is 89.8 Å². The number of carbonyl (C=O) groups is 1. The monoisotopic (exact) mass is 582 g/mol. The Morgan fingerprint density at radius 1 is 0.881 bits per heavy atom. The van der Waals surface area contributed by atoms with E-state index in [1.54, 1.807) is 25.3 Å². The molecule has 0 heterocycles. The van der Waals surface area contributed by atoms with Crippen molar-refractivity contribution in [3.63, 3.8) is 0 Å². The number of hydrogen-bond donors (Lipinski definition) is 1. The van der Waals surface area contributed by atoms with Crippen molar-refractivity contribution >= 4 is 29.3 Å². The Morgan fingerprint density at radius 2 is 1.67 bits per heavy atom. The lowest BCUT2D eigenvalue weighted by molar-refractivity contribution is -0.112. The Labute approximate surface area is 250 Å². The number of nitrogens with one attached hydrogen (secondary N) is 1. The molecule has 7 nitrogen and oxygen atoms in total. The average molecular weight is 583 g/mol. The van der Waals surface area contributed by atoms with E-state index < -0.39 is 5.91 Å². The molecule has 0 saturated carbocycles. The third kappa shape index (κ3) is 8.06. The number of ether oxygens (including phenoxy) is 4. The molecule has 0 fully saturated rings. The molecular weight excluding hydrogens is 552 g/mol. The van der Waals surface area contributed by atoms with Crippen molar-refractivity contribution in [2.75, 3.05) is 19.0 Å². The summed E-state index contributed by atoms with van der Waals surface area (Å²) in [5, 5.41) is 12.7. The van der Waals surface area contributed by atoms with Gasteiger partial charge in [0, 0.05) is 5.69 Å². The predicted molar refractivity (Wildman–Crippen MR) is 164 cm³/mol. The first-order chi connectivity index (χ1) is 20.4. The van der Waals surface area contributed by atoms with Crippen LogP contribution in [-0.4, -0.2) is 19.6 Å². The summed E-state index contributed by atoms with van der Waals surface area (Å²) < 4.78 is 23.4. The van der Waals surface area contributed by atoms with Gasteiger partial charge in [-0.3, -0.25) is 4.79 Å². The summed E-state index contributed by atoms with van der Waals surface area (Å²) in [7, 11) is 1.59. The van der Waals surface area contributed by atoms with E-state index >= 15 is 0 Å². The van der Waals surface area contributed by atoms with Crippen molar-refractivity contribution in [1.29, 1.82) is 5.26 Å². The molecule has 0 aliphatic heterocycles. The quantitative estimate of drug-likeness (QED) is 0.136. The number of halogens is 1. The largest absolute Gasteiger partial charge is 0.493 e. The number of hydrogen-bond acceptors (Lipinski definition) is 6. The second-order valence-electron chi connectivity index (χ2n) is 9.30. The molecule has 0 aliphatic carbocycles. The van der Waals surface area contributed by atoms with Gasteiger partial charge in [0.25, 0.3) is 5.91 Å². The van der Waals surface area contributed by atoms with Crippen molar-refractivity contribution < 1.29 is 23.7 Å². The highest BCUT2D eigenvalue weighted by molar-refractivity contribution is 6.32. The lowest BCUT2D eigenvalue weighted by Crippen LogP contribution is -2.13. The third-order valence-corrected chi connectivity index (χ3v) is 6.41. The smallest absolute Gasteiger partial charge is 0.266 e. The summed E-state index contributed by atoms with van der Waals surface area (Å²) in [5.41, 5.74) is 3.92. The minimum atomic E-state index is -0.525. The summed E-state index contributed by atoms with van der Waals surface area (Å²) in [6.07, 6.45) is 1.46. The van der Waals surface area contributed by atoms with Gasteiger partial charge in [0.05, 0.1) is 18.7 Å². The maximum atomic E-state index is 12.8. The molecule has 4 rings (SSSR count). The number of anilines is 1. The highest BCUT2D eigenvalue weighted by Crippen LogP contribution is 2.38. The normalized spacial score (nSPS) is 10.9. The van der Waals surface area contributed by atoms with Crippen LogP contribution < -0.4 is 24.3 Å². The fraction of sp³-hybridized carbons (Fsp3) is 0.176. The van der Waals surface area contributed by atoms with Crippen LogP contribution in [-0.2, 0) is 18.0 Å². The number of rotatable bonds is 12. The Balaban J connectivity index is 1.49. The SMILES string of the molecule is CCOc1cc(/C=C(\C#N)C(=O)Nc2cccc(C)c2)cc(Cl)c1OCc1ccc(OCc2ccccc2)c(OC)c1. The van der Waals surface area contributed by atoms with Crippen LogP contribution >= 0.6 is 11.6 Å². The number of amides is 1. The van der Waals surface area contributed by atoms with Gasteiger partial charge in [-0.1, -0.05) is 60.1 Å². The van der Waals surface area contributed by atoms with Gasteiger partial charge in [-0.25, -0.2) is 0 Å². The van der Waals surface area contributed by atoms with E-state index in [0.717, 1.165) is 16.7 Å². The fourth-order valence-electron chi connectivity index (χ4n) is 4.12. The van der Waals surface area contributed by atoms with E-state index in [2.05, 4.69) is 5.32 Å². The van der Waals surface area contributed by atoms with Gasteiger partial charge in [-0.05, 0) is 78.6 Å². The molecule has 8 heteroatoms. The maximum Gasteiger partial charge on any atom is 0.266 e. The molecule has 0 aromatic heterocycles. The standard InChI is InChI=1S/C34H31ClN2O5/c1-4-40-32-19-26(16-27(20-36)34(38)37-28-12-8-9-23(2)15-28)17-29(35)33(32)42-22-25-13-14-30(31(18-25)39-3)41-21-24-10-6-5-7-11-24/h5-19H,4,21-22H2,1-3H3,(H,37,38)/b27-16+. The second kappa shape index (κ2) is 14.6. The lowest BCUT2D eigenvalue weighted by Gasteiger charge is -2.16. The van der Waals surface area contributed by atoms with E-state index in [-0.39, 0.29) is 17.2 Å². The van der Waals surface area contributed by atoms with Crippen LogP contribution in [0.1, 0.15) is 29.2 Å². The fourth-order valence-corrected chi connectivity index (χ4v) is 4.40. The van der Waals surface area contributed by atoms with Gasteiger partial charge in [0.2, 0.25) is 0 Å². The highest BCUT2D eigenvalue weighted by atomic mass is 35.5. The third-order valence-electron chi connectivity index (χ3n) is 6.13. The second-order valence-corrected chi connectivity index (χ2v) is 9.71. The molecule has 42 heavy (non-hydrogen) atoms. The molecule has 214 valence electrons. The summed E-state index contributed by atoms with van der Waals surface area (Å²) >= 11 is 6.61. The van der Waals surface area contributed by atoms with Gasteiger partial charge in [0.1, 0.15) is 24.9 Å². The predicted octanol–water partition coefficient (Wildman–Crippen LogP) is 7.76. The molecule has 0 radical (unpaired) electrons. The maximum absolute atomic E-state index is 12.8. The zero-order chi connectivity index (χ0) is 29.9. The van der Waals surface area contributed by atoms with Crippen molar-refractivity contribution in [2.24, 2.45) is 0 Å². The first-order valence-corrected chi connectivity index (χ1v) is 13.7. The van der Waals surface area contributed by atoms with Crippen molar-refractivity contribution in [2.45, 2.75) is 27.1 Å². The van der Waals surface area contributed by atoms with Crippen LogP contribution in [0, 0.1) is 18.3 Å². The molecule has 1 N–H and O–H groups in total. The molecule has 4 aromatic rings. The van der Waals surface area contributed by atoms with Crippen LogP contribution in [0.2, 0.25) is 5.02 Å². The van der Waals surface area contributed by atoms with Crippen molar-refractivity contribution in [1.82, 2.24) is 0 Å². The molecular formula is C34H31ClN2O5. The highest BCUT2D eigenvalue weighted by Gasteiger charge is 2.16.